The molecule has 0 aromatic rings. The van der Waals surface area contributed by atoms with Crippen molar-refractivity contribution in [2.45, 2.75) is 6.92 Å². The van der Waals surface area contributed by atoms with Crippen molar-refractivity contribution < 1.29 is 9.72 Å². The van der Waals surface area contributed by atoms with Crippen LogP contribution in [0, 0.1) is 10.1 Å². The highest BCUT2D eigenvalue weighted by Crippen LogP contribution is 1.92. The zero-order valence-corrected chi connectivity index (χ0v) is 4.83. The molecule has 0 aliphatic heterocycles. The lowest BCUT2D eigenvalue weighted by atomic mass is 10.3. The van der Waals surface area contributed by atoms with Crippen LogP contribution in [0.25, 0.3) is 0 Å². The number of carbonyl (C=O) groups excluding carboxylic acids is 1. The van der Waals surface area contributed by atoms with Gasteiger partial charge in [-0.15, -0.1) is 0 Å². The second kappa shape index (κ2) is 2.81. The van der Waals surface area contributed by atoms with Gasteiger partial charge in [-0.1, -0.05) is 0 Å². The molecule has 0 saturated heterocycles. The van der Waals surface area contributed by atoms with Crippen LogP contribution in [-0.4, -0.2) is 10.7 Å². The molecule has 0 heterocycles. The van der Waals surface area contributed by atoms with Gasteiger partial charge in [0, 0.05) is 6.92 Å². The van der Waals surface area contributed by atoms with E-state index in [0.717, 1.165) is 6.92 Å². The molecule has 0 spiro atoms. The number of nitro groups is 1. The Kier molecular flexibility index (Phi) is 2.37. The molecular weight excluding hydrogens is 124 g/mol. The standard InChI is InChI=1S/C4H6N2O3/c1-3(7)4(2-5)6(8)9/h2H,5H2,1H3/b4-2+. The Bertz CT molecular complexity index is 157. The monoisotopic (exact) mass is 130 g/mol. The number of nitrogens with zero attached hydrogens (tertiary/aromatic N) is 1. The Morgan fingerprint density at radius 1 is 1.78 bits per heavy atom. The summed E-state index contributed by atoms with van der Waals surface area (Å²) in [7, 11) is 0. The number of rotatable bonds is 2. The van der Waals surface area contributed by atoms with Crippen LogP contribution in [0.2, 0.25) is 0 Å². The molecule has 0 aliphatic rings. The lowest BCUT2D eigenvalue weighted by Crippen LogP contribution is -2.09. The van der Waals surface area contributed by atoms with Crippen LogP contribution < -0.4 is 5.73 Å². The molecule has 0 atom stereocenters. The van der Waals surface area contributed by atoms with Crippen molar-refractivity contribution >= 4 is 5.78 Å². The molecule has 5 nitrogen and oxygen atoms in total. The molecule has 0 rings (SSSR count). The van der Waals surface area contributed by atoms with Crippen molar-refractivity contribution in [3.05, 3.63) is 22.0 Å². The third-order valence-corrected chi connectivity index (χ3v) is 0.715. The van der Waals surface area contributed by atoms with Crippen molar-refractivity contribution in [2.75, 3.05) is 0 Å². The molecule has 0 bridgehead atoms. The highest BCUT2D eigenvalue weighted by molar-refractivity contribution is 5.90. The number of ketones is 1. The lowest BCUT2D eigenvalue weighted by molar-refractivity contribution is -0.418. The quantitative estimate of drug-likeness (QED) is 0.314. The van der Waals surface area contributed by atoms with Gasteiger partial charge in [-0.2, -0.15) is 0 Å². The molecule has 0 radical (unpaired) electrons. The first kappa shape index (κ1) is 7.61. The molecule has 0 amide bonds. The molecule has 0 fully saturated rings. The first-order valence-electron chi connectivity index (χ1n) is 2.16. The largest absolute Gasteiger partial charge is 0.399 e. The van der Waals surface area contributed by atoms with Gasteiger partial charge in [0.1, 0.15) is 0 Å². The second-order valence-corrected chi connectivity index (χ2v) is 1.37. The molecule has 9 heavy (non-hydrogen) atoms. The molecule has 5 heteroatoms. The van der Waals surface area contributed by atoms with E-state index in [1.807, 2.05) is 0 Å². The number of hydrogen-bond acceptors (Lipinski definition) is 4. The molecule has 0 aromatic carbocycles. The van der Waals surface area contributed by atoms with E-state index >= 15 is 0 Å². The number of carbonyl (C=O) groups is 1. The van der Waals surface area contributed by atoms with Gasteiger partial charge < -0.3 is 5.73 Å². The predicted molar refractivity (Wildman–Crippen MR) is 29.9 cm³/mol. The smallest absolute Gasteiger partial charge is 0.326 e. The normalized spacial score (nSPS) is 11.0. The van der Waals surface area contributed by atoms with Crippen LogP contribution in [0.15, 0.2) is 11.9 Å². The first-order valence-corrected chi connectivity index (χ1v) is 2.16. The van der Waals surface area contributed by atoms with Gasteiger partial charge in [0.05, 0.1) is 11.1 Å². The minimum absolute atomic E-state index is 0.574. The average Bonchev–Trinajstić information content (AvgIpc) is 1.64. The maximum atomic E-state index is 10.2. The fourth-order valence-corrected chi connectivity index (χ4v) is 0.307. The SMILES string of the molecule is CC(=O)/C(=C\N)[N+](=O)[O-]. The van der Waals surface area contributed by atoms with Gasteiger partial charge in [-0.25, -0.2) is 0 Å². The summed E-state index contributed by atoms with van der Waals surface area (Å²) in [4.78, 5) is 19.2. The zero-order chi connectivity index (χ0) is 7.44. The molecule has 0 aromatic heterocycles. The van der Waals surface area contributed by atoms with Crippen molar-refractivity contribution in [1.82, 2.24) is 0 Å². The molecule has 0 unspecified atom stereocenters. The van der Waals surface area contributed by atoms with Gasteiger partial charge in [0.15, 0.2) is 0 Å². The summed E-state index contributed by atoms with van der Waals surface area (Å²) < 4.78 is 0. The molecule has 0 aliphatic carbocycles. The maximum absolute atomic E-state index is 10.2. The molecule has 0 saturated carbocycles. The van der Waals surface area contributed by atoms with Crippen LogP contribution in [-0.2, 0) is 4.79 Å². The van der Waals surface area contributed by atoms with E-state index in [2.05, 4.69) is 0 Å². The van der Waals surface area contributed by atoms with Gasteiger partial charge >= 0.3 is 5.70 Å². The minimum Gasteiger partial charge on any atom is -0.399 e. The van der Waals surface area contributed by atoms with E-state index in [9.17, 15) is 14.9 Å². The summed E-state index contributed by atoms with van der Waals surface area (Å²) in [6.45, 7) is 1.08. The van der Waals surface area contributed by atoms with Gasteiger partial charge in [-0.05, 0) is 0 Å². The zero-order valence-electron chi connectivity index (χ0n) is 4.83. The fourth-order valence-electron chi connectivity index (χ4n) is 0.307. The van der Waals surface area contributed by atoms with E-state index in [0.29, 0.717) is 6.20 Å². The van der Waals surface area contributed by atoms with Crippen LogP contribution in [0.3, 0.4) is 0 Å². The second-order valence-electron chi connectivity index (χ2n) is 1.37. The van der Waals surface area contributed by atoms with E-state index in [1.54, 1.807) is 0 Å². The highest BCUT2D eigenvalue weighted by atomic mass is 16.6. The summed E-state index contributed by atoms with van der Waals surface area (Å²) in [5.41, 5.74) is 4.18. The lowest BCUT2D eigenvalue weighted by Gasteiger charge is -1.87. The topological polar surface area (TPSA) is 86.2 Å². The summed E-state index contributed by atoms with van der Waals surface area (Å²) in [6, 6.07) is 0. The van der Waals surface area contributed by atoms with Crippen LogP contribution in [0.1, 0.15) is 6.92 Å². The maximum Gasteiger partial charge on any atom is 0.326 e. The summed E-state index contributed by atoms with van der Waals surface area (Å²) >= 11 is 0. The number of Topliss-reactive ketones (excluding diaryl/α,β-unsaturated/α-hetero) is 1. The van der Waals surface area contributed by atoms with Crippen LogP contribution >= 0.6 is 0 Å². The van der Waals surface area contributed by atoms with Gasteiger partial charge in [0.2, 0.25) is 5.78 Å². The van der Waals surface area contributed by atoms with Gasteiger partial charge in [0.25, 0.3) is 0 Å². The third-order valence-electron chi connectivity index (χ3n) is 0.715. The Morgan fingerprint density at radius 2 is 2.22 bits per heavy atom. The van der Waals surface area contributed by atoms with E-state index in [4.69, 9.17) is 5.73 Å². The summed E-state index contributed by atoms with van der Waals surface area (Å²) in [6.07, 6.45) is 0.683. The molecule has 2 N–H and O–H groups in total. The molecular formula is C4H6N2O3. The number of allylic oxidation sites excluding steroid dienone is 1. The Morgan fingerprint density at radius 3 is 2.22 bits per heavy atom. The predicted octanol–water partition coefficient (Wildman–Crippen LogP) is -0.348. The van der Waals surface area contributed by atoms with Crippen molar-refractivity contribution in [1.29, 1.82) is 0 Å². The van der Waals surface area contributed by atoms with E-state index in [1.165, 1.54) is 0 Å². The highest BCUT2D eigenvalue weighted by Gasteiger charge is 2.14. The Labute approximate surface area is 51.3 Å². The van der Waals surface area contributed by atoms with Crippen molar-refractivity contribution in [3.8, 4) is 0 Å². The first-order chi connectivity index (χ1) is 4.09. The van der Waals surface area contributed by atoms with E-state index in [-0.39, 0.29) is 0 Å². The Hall–Kier alpha value is -1.39. The van der Waals surface area contributed by atoms with Gasteiger partial charge in [-0.3, -0.25) is 14.9 Å². The minimum atomic E-state index is -0.817. The molecule has 50 valence electrons. The van der Waals surface area contributed by atoms with E-state index < -0.39 is 16.4 Å². The number of nitrogens with two attached hydrogens (primary N) is 1. The van der Waals surface area contributed by atoms with Crippen molar-refractivity contribution in [2.24, 2.45) is 5.73 Å². The van der Waals surface area contributed by atoms with Crippen LogP contribution in [0.4, 0.5) is 0 Å². The summed E-state index contributed by atoms with van der Waals surface area (Å²) in [5, 5.41) is 9.81. The summed E-state index contributed by atoms with van der Waals surface area (Å²) in [5.74, 6) is -0.637. The third kappa shape index (κ3) is 1.89. The average molecular weight is 130 g/mol. The van der Waals surface area contributed by atoms with Crippen molar-refractivity contribution in [3.63, 3.8) is 0 Å². The number of hydrogen-bond donors (Lipinski definition) is 1. The van der Waals surface area contributed by atoms with Crippen LogP contribution in [0.5, 0.6) is 0 Å². The fraction of sp³-hybridized carbons (Fsp3) is 0.250. The Balaban J connectivity index is 4.38.